The minimum atomic E-state index is -0.354. The zero-order valence-electron chi connectivity index (χ0n) is 13.2. The van der Waals surface area contributed by atoms with Crippen LogP contribution in [-0.2, 0) is 16.0 Å². The van der Waals surface area contributed by atoms with E-state index >= 15 is 0 Å². The number of fused-ring (bicyclic) bond motifs is 1. The standard InChI is InChI=1S/C17H25N3O2/c1-2-20-8-9-22-16(11-20)17(21)19-15-5-3-4-12-10-13(18)6-7-14(12)15/h6-7,10,15-16H,2-5,8-9,11,18H2,1H3,(H,19,21). The van der Waals surface area contributed by atoms with E-state index in [1.54, 1.807) is 0 Å². The quantitative estimate of drug-likeness (QED) is 0.830. The van der Waals surface area contributed by atoms with E-state index in [9.17, 15) is 4.79 Å². The lowest BCUT2D eigenvalue weighted by Crippen LogP contribution is -2.50. The average Bonchev–Trinajstić information content (AvgIpc) is 2.54. The Bertz CT molecular complexity index is 547. The normalized spacial score (nSPS) is 25.5. The third kappa shape index (κ3) is 3.25. The van der Waals surface area contributed by atoms with Crippen molar-refractivity contribution < 1.29 is 9.53 Å². The number of anilines is 1. The van der Waals surface area contributed by atoms with Crippen molar-refractivity contribution in [3.8, 4) is 0 Å². The number of nitrogens with one attached hydrogen (secondary N) is 1. The van der Waals surface area contributed by atoms with E-state index in [1.807, 2.05) is 12.1 Å². The van der Waals surface area contributed by atoms with Gasteiger partial charge in [0, 0.05) is 18.8 Å². The molecule has 5 nitrogen and oxygen atoms in total. The number of nitrogens with zero attached hydrogens (tertiary/aromatic N) is 1. The van der Waals surface area contributed by atoms with Crippen LogP contribution in [0.15, 0.2) is 18.2 Å². The number of hydrogen-bond acceptors (Lipinski definition) is 4. The first kappa shape index (κ1) is 15.3. The molecule has 22 heavy (non-hydrogen) atoms. The monoisotopic (exact) mass is 303 g/mol. The van der Waals surface area contributed by atoms with E-state index in [0.29, 0.717) is 13.2 Å². The highest BCUT2D eigenvalue weighted by Crippen LogP contribution is 2.31. The van der Waals surface area contributed by atoms with Gasteiger partial charge in [0.15, 0.2) is 0 Å². The van der Waals surface area contributed by atoms with Gasteiger partial charge in [-0.1, -0.05) is 13.0 Å². The van der Waals surface area contributed by atoms with Crippen LogP contribution >= 0.6 is 0 Å². The Morgan fingerprint density at radius 3 is 3.18 bits per heavy atom. The lowest BCUT2D eigenvalue weighted by molar-refractivity contribution is -0.139. The molecule has 1 aromatic rings. The number of likely N-dealkylation sites (N-methyl/N-ethyl adjacent to an activating group) is 1. The SMILES string of the molecule is CCN1CCOC(C(=O)NC2CCCc3cc(N)ccc32)C1. The Morgan fingerprint density at radius 2 is 2.36 bits per heavy atom. The second-order valence-electron chi connectivity index (χ2n) is 6.16. The first-order valence-electron chi connectivity index (χ1n) is 8.20. The van der Waals surface area contributed by atoms with Crippen molar-refractivity contribution in [2.24, 2.45) is 0 Å². The molecule has 120 valence electrons. The molecule has 1 aromatic carbocycles. The van der Waals surface area contributed by atoms with Gasteiger partial charge in [0.1, 0.15) is 6.10 Å². The summed E-state index contributed by atoms with van der Waals surface area (Å²) in [5.41, 5.74) is 9.12. The van der Waals surface area contributed by atoms with E-state index in [0.717, 1.165) is 38.0 Å². The molecule has 5 heteroatoms. The van der Waals surface area contributed by atoms with Crippen LogP contribution in [0.5, 0.6) is 0 Å². The van der Waals surface area contributed by atoms with Gasteiger partial charge in [-0.3, -0.25) is 9.69 Å². The molecule has 1 heterocycles. The summed E-state index contributed by atoms with van der Waals surface area (Å²) < 4.78 is 5.65. The summed E-state index contributed by atoms with van der Waals surface area (Å²) in [6.45, 7) is 5.29. The van der Waals surface area contributed by atoms with Gasteiger partial charge >= 0.3 is 0 Å². The molecule has 2 unspecified atom stereocenters. The summed E-state index contributed by atoms with van der Waals surface area (Å²) in [4.78, 5) is 14.8. The van der Waals surface area contributed by atoms with Gasteiger partial charge in [-0.2, -0.15) is 0 Å². The molecule has 0 spiro atoms. The van der Waals surface area contributed by atoms with Gasteiger partial charge in [0.25, 0.3) is 5.91 Å². The second kappa shape index (κ2) is 6.67. The maximum absolute atomic E-state index is 12.5. The van der Waals surface area contributed by atoms with Crippen molar-refractivity contribution >= 4 is 11.6 Å². The van der Waals surface area contributed by atoms with E-state index in [2.05, 4.69) is 23.2 Å². The molecule has 0 bridgehead atoms. The van der Waals surface area contributed by atoms with Gasteiger partial charge in [-0.25, -0.2) is 0 Å². The predicted molar refractivity (Wildman–Crippen MR) is 86.5 cm³/mol. The number of hydrogen-bond donors (Lipinski definition) is 2. The highest BCUT2D eigenvalue weighted by atomic mass is 16.5. The molecule has 0 saturated carbocycles. The highest BCUT2D eigenvalue weighted by molar-refractivity contribution is 5.81. The molecule has 1 fully saturated rings. The molecule has 1 aliphatic carbocycles. The van der Waals surface area contributed by atoms with Crippen LogP contribution in [-0.4, -0.2) is 43.2 Å². The van der Waals surface area contributed by atoms with Gasteiger partial charge in [-0.05, 0) is 49.1 Å². The van der Waals surface area contributed by atoms with Crippen molar-refractivity contribution in [3.63, 3.8) is 0 Å². The van der Waals surface area contributed by atoms with Gasteiger partial charge in [-0.15, -0.1) is 0 Å². The number of ether oxygens (including phenoxy) is 1. The van der Waals surface area contributed by atoms with Crippen LogP contribution in [0.4, 0.5) is 5.69 Å². The van der Waals surface area contributed by atoms with Crippen LogP contribution in [0.25, 0.3) is 0 Å². The first-order valence-corrected chi connectivity index (χ1v) is 8.20. The number of carbonyl (C=O) groups excluding carboxylic acids is 1. The summed E-state index contributed by atoms with van der Waals surface area (Å²) in [5, 5.41) is 3.18. The molecule has 2 aliphatic rings. The summed E-state index contributed by atoms with van der Waals surface area (Å²) in [6.07, 6.45) is 2.74. The van der Waals surface area contributed by atoms with E-state index < -0.39 is 0 Å². The molecule has 1 aliphatic heterocycles. The Hall–Kier alpha value is -1.59. The van der Waals surface area contributed by atoms with Crippen molar-refractivity contribution in [1.29, 1.82) is 0 Å². The fraction of sp³-hybridized carbons (Fsp3) is 0.588. The number of amides is 1. The molecule has 2 atom stereocenters. The first-order chi connectivity index (χ1) is 10.7. The molecule has 3 N–H and O–H groups in total. The molecule has 1 saturated heterocycles. The van der Waals surface area contributed by atoms with Crippen LogP contribution < -0.4 is 11.1 Å². The van der Waals surface area contributed by atoms with Gasteiger partial charge in [0.2, 0.25) is 0 Å². The Labute approximate surface area is 131 Å². The van der Waals surface area contributed by atoms with Crippen molar-refractivity contribution in [3.05, 3.63) is 29.3 Å². The van der Waals surface area contributed by atoms with Crippen LogP contribution in [0.3, 0.4) is 0 Å². The topological polar surface area (TPSA) is 67.6 Å². The van der Waals surface area contributed by atoms with E-state index in [4.69, 9.17) is 10.5 Å². The Kier molecular flexibility index (Phi) is 4.64. The predicted octanol–water partition coefficient (Wildman–Crippen LogP) is 1.48. The van der Waals surface area contributed by atoms with Crippen molar-refractivity contribution in [2.45, 2.75) is 38.3 Å². The lowest BCUT2D eigenvalue weighted by Gasteiger charge is -2.33. The third-order valence-corrected chi connectivity index (χ3v) is 4.69. The number of carbonyl (C=O) groups is 1. The van der Waals surface area contributed by atoms with Crippen LogP contribution in [0.1, 0.15) is 36.9 Å². The second-order valence-corrected chi connectivity index (χ2v) is 6.16. The zero-order chi connectivity index (χ0) is 15.5. The maximum Gasteiger partial charge on any atom is 0.250 e. The van der Waals surface area contributed by atoms with E-state index in [-0.39, 0.29) is 18.1 Å². The van der Waals surface area contributed by atoms with Gasteiger partial charge in [0.05, 0.1) is 12.6 Å². The molecule has 3 rings (SSSR count). The summed E-state index contributed by atoms with van der Waals surface area (Å²) in [5.74, 6) is 0.00725. The Morgan fingerprint density at radius 1 is 1.50 bits per heavy atom. The minimum absolute atomic E-state index is 0.00725. The summed E-state index contributed by atoms with van der Waals surface area (Å²) in [6, 6.07) is 6.08. The van der Waals surface area contributed by atoms with E-state index in [1.165, 1.54) is 11.1 Å². The van der Waals surface area contributed by atoms with Gasteiger partial charge < -0.3 is 15.8 Å². The maximum atomic E-state index is 12.5. The molecule has 1 amide bonds. The minimum Gasteiger partial charge on any atom is -0.399 e. The largest absolute Gasteiger partial charge is 0.399 e. The van der Waals surface area contributed by atoms with Crippen molar-refractivity contribution in [1.82, 2.24) is 10.2 Å². The number of morpholine rings is 1. The Balaban J connectivity index is 1.67. The third-order valence-electron chi connectivity index (χ3n) is 4.69. The van der Waals surface area contributed by atoms with Crippen LogP contribution in [0.2, 0.25) is 0 Å². The van der Waals surface area contributed by atoms with Crippen LogP contribution in [0, 0.1) is 0 Å². The molecular weight excluding hydrogens is 278 g/mol. The number of nitrogen functional groups attached to an aromatic ring is 1. The summed E-state index contributed by atoms with van der Waals surface area (Å²) >= 11 is 0. The molecule has 0 radical (unpaired) electrons. The van der Waals surface area contributed by atoms with Crippen molar-refractivity contribution in [2.75, 3.05) is 32.0 Å². The number of rotatable bonds is 3. The average molecular weight is 303 g/mol. The highest BCUT2D eigenvalue weighted by Gasteiger charge is 2.29. The molecule has 0 aromatic heterocycles. The summed E-state index contributed by atoms with van der Waals surface area (Å²) in [7, 11) is 0. The number of nitrogens with two attached hydrogens (primary N) is 1. The fourth-order valence-corrected chi connectivity index (χ4v) is 3.40. The number of aryl methyl sites for hydroxylation is 1. The number of benzene rings is 1. The zero-order valence-corrected chi connectivity index (χ0v) is 13.2. The lowest BCUT2D eigenvalue weighted by atomic mass is 9.87. The smallest absolute Gasteiger partial charge is 0.250 e. The molecular formula is C17H25N3O2. The fourth-order valence-electron chi connectivity index (χ4n) is 3.40.